The number of unbranched alkanes of at least 4 members (excludes halogenated alkanes) is 3. The van der Waals surface area contributed by atoms with Crippen LogP contribution >= 0.6 is 0 Å². The Morgan fingerprint density at radius 2 is 1.67 bits per heavy atom. The summed E-state index contributed by atoms with van der Waals surface area (Å²) in [5, 5.41) is 13.6. The molecule has 1 aliphatic rings. The Kier molecular flexibility index (Phi) is 6.26. The Labute approximate surface area is 94.5 Å². The van der Waals surface area contributed by atoms with E-state index in [1.165, 1.54) is 51.4 Å². The van der Waals surface area contributed by atoms with Crippen LogP contribution in [-0.4, -0.2) is 17.4 Å². The van der Waals surface area contributed by atoms with Crippen LogP contribution in [0.3, 0.4) is 0 Å². The first kappa shape index (κ1) is 13.0. The van der Waals surface area contributed by atoms with E-state index in [0.717, 1.165) is 19.4 Å². The molecule has 0 aromatic heterocycles. The van der Waals surface area contributed by atoms with Crippen LogP contribution in [-0.2, 0) is 0 Å². The van der Waals surface area contributed by atoms with Crippen molar-refractivity contribution in [2.24, 2.45) is 0 Å². The van der Waals surface area contributed by atoms with E-state index in [0.29, 0.717) is 0 Å². The molecule has 2 N–H and O–H groups in total. The summed E-state index contributed by atoms with van der Waals surface area (Å²) in [5.41, 5.74) is -0.539. The maximum absolute atomic E-state index is 10.3. The summed E-state index contributed by atoms with van der Waals surface area (Å²) in [5.74, 6) is 0. The van der Waals surface area contributed by atoms with Crippen LogP contribution in [0.5, 0.6) is 0 Å². The summed E-state index contributed by atoms with van der Waals surface area (Å²) in [6.07, 6.45) is 11.9. The molecule has 0 aromatic carbocycles. The summed E-state index contributed by atoms with van der Waals surface area (Å²) in [6, 6.07) is 0. The van der Waals surface area contributed by atoms with Gasteiger partial charge in [-0.2, -0.15) is 0 Å². The highest BCUT2D eigenvalue weighted by atomic mass is 16.3. The van der Waals surface area contributed by atoms with E-state index >= 15 is 0 Å². The van der Waals surface area contributed by atoms with E-state index in [2.05, 4.69) is 12.2 Å². The molecule has 1 aliphatic carbocycles. The maximum atomic E-state index is 10.3. The Hall–Kier alpha value is -0.0800. The number of nitrogens with one attached hydrogen (secondary N) is 1. The third kappa shape index (κ3) is 5.53. The van der Waals surface area contributed by atoms with Crippen molar-refractivity contribution < 1.29 is 5.11 Å². The molecule has 2 heteroatoms. The zero-order valence-electron chi connectivity index (χ0n) is 10.2. The van der Waals surface area contributed by atoms with Crippen LogP contribution in [0.25, 0.3) is 0 Å². The molecule has 0 radical (unpaired) electrons. The molecule has 90 valence electrons. The van der Waals surface area contributed by atoms with Gasteiger partial charge in [0.15, 0.2) is 0 Å². The minimum atomic E-state index is -0.539. The zero-order chi connectivity index (χ0) is 11.0. The van der Waals surface area contributed by atoms with E-state index in [-0.39, 0.29) is 0 Å². The molecule has 0 bridgehead atoms. The summed E-state index contributed by atoms with van der Waals surface area (Å²) < 4.78 is 0. The molecule has 1 fully saturated rings. The number of aliphatic hydroxyl groups is 1. The second-order valence-electron chi connectivity index (χ2n) is 4.93. The normalized spacial score (nSPS) is 21.2. The van der Waals surface area contributed by atoms with Crippen LogP contribution in [0.15, 0.2) is 0 Å². The van der Waals surface area contributed by atoms with Gasteiger partial charge >= 0.3 is 0 Å². The van der Waals surface area contributed by atoms with Crippen molar-refractivity contribution in [3.63, 3.8) is 0 Å². The lowest BCUT2D eigenvalue weighted by Crippen LogP contribution is -2.45. The van der Waals surface area contributed by atoms with Gasteiger partial charge in [-0.15, -0.1) is 0 Å². The maximum Gasteiger partial charge on any atom is 0.116 e. The van der Waals surface area contributed by atoms with Gasteiger partial charge in [-0.1, -0.05) is 39.0 Å². The van der Waals surface area contributed by atoms with Crippen molar-refractivity contribution >= 4 is 0 Å². The summed E-state index contributed by atoms with van der Waals surface area (Å²) in [7, 11) is 0. The highest BCUT2D eigenvalue weighted by Crippen LogP contribution is 2.24. The van der Waals surface area contributed by atoms with Crippen molar-refractivity contribution in [3.8, 4) is 0 Å². The van der Waals surface area contributed by atoms with Crippen molar-refractivity contribution in [1.82, 2.24) is 5.32 Å². The molecule has 0 aromatic rings. The Balaban J connectivity index is 2.11. The van der Waals surface area contributed by atoms with Gasteiger partial charge in [-0.25, -0.2) is 0 Å². The predicted octanol–water partition coefficient (Wildman–Crippen LogP) is 3.20. The highest BCUT2D eigenvalue weighted by molar-refractivity contribution is 4.78. The average Bonchev–Trinajstić information content (AvgIpc) is 2.43. The molecule has 0 aliphatic heterocycles. The molecule has 0 heterocycles. The van der Waals surface area contributed by atoms with E-state index in [9.17, 15) is 5.11 Å². The fourth-order valence-corrected chi connectivity index (χ4v) is 2.36. The van der Waals surface area contributed by atoms with Gasteiger partial charge in [-0.05, 0) is 38.6 Å². The fraction of sp³-hybridized carbons (Fsp3) is 1.00. The molecule has 2 nitrogen and oxygen atoms in total. The molecule has 1 saturated carbocycles. The van der Waals surface area contributed by atoms with Crippen LogP contribution in [0.1, 0.15) is 71.1 Å². The number of hydrogen-bond donors (Lipinski definition) is 2. The van der Waals surface area contributed by atoms with Crippen LogP contribution in [0.4, 0.5) is 0 Å². The van der Waals surface area contributed by atoms with Gasteiger partial charge in [0.2, 0.25) is 0 Å². The molecule has 0 unspecified atom stereocenters. The van der Waals surface area contributed by atoms with Crippen LogP contribution in [0.2, 0.25) is 0 Å². The summed E-state index contributed by atoms with van der Waals surface area (Å²) in [6.45, 7) is 3.21. The van der Waals surface area contributed by atoms with Crippen molar-refractivity contribution in [2.45, 2.75) is 76.9 Å². The van der Waals surface area contributed by atoms with Gasteiger partial charge in [0.05, 0.1) is 0 Å². The lowest BCUT2D eigenvalue weighted by molar-refractivity contribution is -0.00906. The standard InChI is InChI=1S/C13H27NO/c1-2-3-4-9-12-14-13(15)10-7-5-6-8-11-13/h14-15H,2-12H2,1H3. The zero-order valence-corrected chi connectivity index (χ0v) is 10.2. The number of hydrogen-bond acceptors (Lipinski definition) is 2. The number of rotatable bonds is 6. The van der Waals surface area contributed by atoms with E-state index in [1.54, 1.807) is 0 Å². The lowest BCUT2D eigenvalue weighted by Gasteiger charge is -2.28. The minimum Gasteiger partial charge on any atom is -0.376 e. The smallest absolute Gasteiger partial charge is 0.116 e. The molecule has 0 saturated heterocycles. The monoisotopic (exact) mass is 213 g/mol. The van der Waals surface area contributed by atoms with Crippen LogP contribution in [0, 0.1) is 0 Å². The second-order valence-corrected chi connectivity index (χ2v) is 4.93. The Morgan fingerprint density at radius 1 is 1.00 bits per heavy atom. The molecule has 15 heavy (non-hydrogen) atoms. The second kappa shape index (κ2) is 7.24. The van der Waals surface area contributed by atoms with Gasteiger partial charge in [0, 0.05) is 0 Å². The Morgan fingerprint density at radius 3 is 2.27 bits per heavy atom. The first-order chi connectivity index (χ1) is 7.27. The molecular formula is C13H27NO. The van der Waals surface area contributed by atoms with E-state index in [1.807, 2.05) is 0 Å². The molecule has 0 atom stereocenters. The summed E-state index contributed by atoms with van der Waals surface area (Å²) in [4.78, 5) is 0. The van der Waals surface area contributed by atoms with Gasteiger partial charge in [0.25, 0.3) is 0 Å². The molecule has 1 rings (SSSR count). The molecule has 0 amide bonds. The van der Waals surface area contributed by atoms with Gasteiger partial charge < -0.3 is 5.11 Å². The first-order valence-corrected chi connectivity index (χ1v) is 6.74. The van der Waals surface area contributed by atoms with Crippen LogP contribution < -0.4 is 5.32 Å². The topological polar surface area (TPSA) is 32.3 Å². The quantitative estimate of drug-likeness (QED) is 0.403. The van der Waals surface area contributed by atoms with Gasteiger partial charge in [-0.3, -0.25) is 5.32 Å². The lowest BCUT2D eigenvalue weighted by atomic mass is 10.0. The fourth-order valence-electron chi connectivity index (χ4n) is 2.36. The van der Waals surface area contributed by atoms with E-state index < -0.39 is 5.72 Å². The SMILES string of the molecule is CCCCCCNC1(O)CCCCCC1. The Bertz CT molecular complexity index is 151. The highest BCUT2D eigenvalue weighted by Gasteiger charge is 2.26. The third-order valence-electron chi connectivity index (χ3n) is 3.42. The average molecular weight is 213 g/mol. The first-order valence-electron chi connectivity index (χ1n) is 6.74. The van der Waals surface area contributed by atoms with E-state index in [4.69, 9.17) is 0 Å². The van der Waals surface area contributed by atoms with Crippen molar-refractivity contribution in [2.75, 3.05) is 6.54 Å². The van der Waals surface area contributed by atoms with Crippen molar-refractivity contribution in [3.05, 3.63) is 0 Å². The van der Waals surface area contributed by atoms with Gasteiger partial charge in [0.1, 0.15) is 5.72 Å². The summed E-state index contributed by atoms with van der Waals surface area (Å²) >= 11 is 0. The molecular weight excluding hydrogens is 186 g/mol. The predicted molar refractivity (Wildman–Crippen MR) is 64.8 cm³/mol. The minimum absolute atomic E-state index is 0.539. The molecule has 0 spiro atoms. The third-order valence-corrected chi connectivity index (χ3v) is 3.42. The van der Waals surface area contributed by atoms with Crippen molar-refractivity contribution in [1.29, 1.82) is 0 Å². The largest absolute Gasteiger partial charge is 0.376 e.